The minimum Gasteiger partial charge on any atom is -1.00 e. The summed E-state index contributed by atoms with van der Waals surface area (Å²) in [4.78, 5) is 32.2. The second-order valence-electron chi connectivity index (χ2n) is 3.10. The van der Waals surface area contributed by atoms with Gasteiger partial charge in [0.2, 0.25) is 5.91 Å². The summed E-state index contributed by atoms with van der Waals surface area (Å²) in [7, 11) is 0. The van der Waals surface area contributed by atoms with Gasteiger partial charge in [0.25, 0.3) is 0 Å². The average molecular weight is 268 g/mol. The smallest absolute Gasteiger partial charge is 1.00 e. The number of carbonyl (C=O) groups excluding carboxylic acids is 2. The van der Waals surface area contributed by atoms with Crippen LogP contribution in [0.4, 0.5) is 0 Å². The van der Waals surface area contributed by atoms with Gasteiger partial charge in [0.15, 0.2) is 0 Å². The largest absolute Gasteiger partial charge is 1.00 e. The van der Waals surface area contributed by atoms with Crippen molar-refractivity contribution in [2.24, 2.45) is 0 Å². The Morgan fingerprint density at radius 3 is 2.39 bits per heavy atom. The van der Waals surface area contributed by atoms with E-state index in [2.05, 4.69) is 15.4 Å². The summed E-state index contributed by atoms with van der Waals surface area (Å²) in [5.74, 6) is -2.08. The molecule has 18 heavy (non-hydrogen) atoms. The molecule has 7 nitrogen and oxygen atoms in total. The molecule has 1 amide bonds. The fraction of sp³-hybridized carbons (Fsp3) is 0.500. The van der Waals surface area contributed by atoms with Crippen LogP contribution in [0.2, 0.25) is 0 Å². The van der Waals surface area contributed by atoms with Gasteiger partial charge in [0.05, 0.1) is 13.2 Å². The zero-order valence-electron chi connectivity index (χ0n) is 11.8. The van der Waals surface area contributed by atoms with Crippen LogP contribution in [0.3, 0.4) is 0 Å². The Bertz CT molecular complexity index is 336. The minimum absolute atomic E-state index is 0. The van der Waals surface area contributed by atoms with Gasteiger partial charge in [-0.1, -0.05) is 0 Å². The molecule has 0 aliphatic heterocycles. The molecule has 3 N–H and O–H groups in total. The third-order valence-electron chi connectivity index (χ3n) is 1.59. The predicted octanol–water partition coefficient (Wildman–Crippen LogP) is -3.64. The van der Waals surface area contributed by atoms with Crippen molar-refractivity contribution >= 4 is 17.8 Å². The summed E-state index contributed by atoms with van der Waals surface area (Å²) in [6, 6.07) is 0. The first-order chi connectivity index (χ1) is 7.95. The maximum Gasteiger partial charge on any atom is 1.00 e. The number of hydrogen-bond donors (Lipinski definition) is 3. The maximum absolute atomic E-state index is 11.1. The van der Waals surface area contributed by atoms with Crippen LogP contribution in [0.5, 0.6) is 0 Å². The van der Waals surface area contributed by atoms with Gasteiger partial charge in [-0.15, -0.1) is 0 Å². The van der Waals surface area contributed by atoms with Gasteiger partial charge < -0.3 is 21.9 Å². The van der Waals surface area contributed by atoms with Gasteiger partial charge in [0, 0.05) is 11.8 Å². The molecule has 0 heterocycles. The summed E-state index contributed by atoms with van der Waals surface area (Å²) in [5.41, 5.74) is 0.467. The molecule has 0 saturated heterocycles. The Labute approximate surface area is 129 Å². The summed E-state index contributed by atoms with van der Waals surface area (Å²) >= 11 is 0. The monoisotopic (exact) mass is 268 g/mol. The van der Waals surface area contributed by atoms with Crippen molar-refractivity contribution in [2.75, 3.05) is 19.7 Å². The number of hydrogen-bond acceptors (Lipinski definition) is 5. The Morgan fingerprint density at radius 2 is 1.89 bits per heavy atom. The number of ether oxygens (including phenoxy) is 1. The average Bonchev–Trinajstić information content (AvgIpc) is 2.23. The molecule has 0 aliphatic carbocycles. The predicted molar refractivity (Wildman–Crippen MR) is 60.2 cm³/mol. The molecule has 0 spiro atoms. The standard InChI is InChI=1S/C10H16N2O5.Na.H/c1-3-17-10(16)4-7(2)11-5-8(13)12-6-9(14)15;;/h4,11H,3,5-6H2,1-2H3,(H,12,13)(H,14,15);;/q;+1;-1/b7-4+;;. The normalized spacial score (nSPS) is 10.0. The minimum atomic E-state index is -1.11. The maximum atomic E-state index is 11.1. The van der Waals surface area contributed by atoms with Crippen LogP contribution in [0.1, 0.15) is 15.3 Å². The molecule has 0 atom stereocenters. The van der Waals surface area contributed by atoms with E-state index in [0.29, 0.717) is 5.70 Å². The Balaban J connectivity index is -0.00000128. The van der Waals surface area contributed by atoms with Crippen LogP contribution in [0.25, 0.3) is 0 Å². The summed E-state index contributed by atoms with van der Waals surface area (Å²) < 4.78 is 4.66. The molecule has 0 unspecified atom stereocenters. The molecule has 0 aromatic heterocycles. The molecular weight excluding hydrogens is 251 g/mol. The topological polar surface area (TPSA) is 105 Å². The molecule has 98 valence electrons. The van der Waals surface area contributed by atoms with Crippen molar-refractivity contribution in [3.63, 3.8) is 0 Å². The van der Waals surface area contributed by atoms with Gasteiger partial charge in [-0.25, -0.2) is 4.79 Å². The Morgan fingerprint density at radius 1 is 1.28 bits per heavy atom. The molecule has 0 aromatic carbocycles. The van der Waals surface area contributed by atoms with Crippen molar-refractivity contribution < 1.29 is 55.2 Å². The van der Waals surface area contributed by atoms with Crippen molar-refractivity contribution in [2.45, 2.75) is 13.8 Å². The van der Waals surface area contributed by atoms with E-state index in [1.807, 2.05) is 0 Å². The number of carboxylic acids is 1. The molecule has 0 radical (unpaired) electrons. The van der Waals surface area contributed by atoms with Crippen LogP contribution in [0, 0.1) is 0 Å². The second-order valence-corrected chi connectivity index (χ2v) is 3.10. The van der Waals surface area contributed by atoms with Gasteiger partial charge in [-0.05, 0) is 13.8 Å². The Hall–Kier alpha value is -1.05. The van der Waals surface area contributed by atoms with Gasteiger partial charge >= 0.3 is 41.5 Å². The SMILES string of the molecule is CCOC(=O)/C=C(\C)NCC(=O)NCC(=O)O.[H-].[Na+]. The van der Waals surface area contributed by atoms with Gasteiger partial charge in [-0.3, -0.25) is 9.59 Å². The first-order valence-corrected chi connectivity index (χ1v) is 5.03. The molecule has 0 bridgehead atoms. The van der Waals surface area contributed by atoms with Crippen LogP contribution < -0.4 is 40.2 Å². The van der Waals surface area contributed by atoms with E-state index < -0.39 is 24.4 Å². The third-order valence-corrected chi connectivity index (χ3v) is 1.59. The van der Waals surface area contributed by atoms with Crippen LogP contribution in [0.15, 0.2) is 11.8 Å². The molecule has 0 saturated carbocycles. The zero-order chi connectivity index (χ0) is 13.3. The van der Waals surface area contributed by atoms with E-state index >= 15 is 0 Å². The quantitative estimate of drug-likeness (QED) is 0.250. The number of carboxylic acid groups (broad SMARTS) is 1. The third kappa shape index (κ3) is 11.4. The molecule has 0 aliphatic rings. The number of rotatable bonds is 7. The van der Waals surface area contributed by atoms with Crippen LogP contribution >= 0.6 is 0 Å². The summed E-state index contributed by atoms with van der Waals surface area (Å²) in [6.45, 7) is 3.03. The first-order valence-electron chi connectivity index (χ1n) is 5.03. The fourth-order valence-corrected chi connectivity index (χ4v) is 0.868. The second kappa shape index (κ2) is 11.1. The van der Waals surface area contributed by atoms with E-state index in [-0.39, 0.29) is 44.1 Å². The summed E-state index contributed by atoms with van der Waals surface area (Å²) in [5, 5.41) is 13.1. The molecular formula is C10H17N2NaO5. The van der Waals surface area contributed by atoms with Crippen molar-refractivity contribution in [3.8, 4) is 0 Å². The number of nitrogens with one attached hydrogen (secondary N) is 2. The number of aliphatic carboxylic acids is 1. The van der Waals surface area contributed by atoms with Crippen molar-refractivity contribution in [3.05, 3.63) is 11.8 Å². The van der Waals surface area contributed by atoms with Gasteiger partial charge in [0.1, 0.15) is 6.54 Å². The van der Waals surface area contributed by atoms with Crippen LogP contribution in [-0.4, -0.2) is 42.6 Å². The van der Waals surface area contributed by atoms with E-state index in [4.69, 9.17) is 5.11 Å². The number of esters is 1. The zero-order valence-corrected chi connectivity index (χ0v) is 12.8. The van der Waals surface area contributed by atoms with Crippen molar-refractivity contribution in [1.82, 2.24) is 10.6 Å². The van der Waals surface area contributed by atoms with E-state index in [9.17, 15) is 14.4 Å². The van der Waals surface area contributed by atoms with E-state index in [1.54, 1.807) is 13.8 Å². The van der Waals surface area contributed by atoms with Crippen LogP contribution in [-0.2, 0) is 19.1 Å². The molecule has 8 heteroatoms. The first kappa shape index (κ1) is 19.3. The number of allylic oxidation sites excluding steroid dienone is 1. The number of amides is 1. The summed E-state index contributed by atoms with van der Waals surface area (Å²) in [6.07, 6.45) is 1.22. The molecule has 0 fully saturated rings. The molecule has 0 aromatic rings. The van der Waals surface area contributed by atoms with E-state index in [1.165, 1.54) is 6.08 Å². The fourth-order valence-electron chi connectivity index (χ4n) is 0.868. The van der Waals surface area contributed by atoms with Gasteiger partial charge in [-0.2, -0.15) is 0 Å². The number of carbonyl (C=O) groups is 3. The van der Waals surface area contributed by atoms with E-state index in [0.717, 1.165) is 0 Å². The Kier molecular flexibility index (Phi) is 11.9. The van der Waals surface area contributed by atoms with Crippen molar-refractivity contribution in [1.29, 1.82) is 0 Å². The molecule has 0 rings (SSSR count).